The van der Waals surface area contributed by atoms with Gasteiger partial charge >= 0.3 is 0 Å². The third-order valence-electron chi connectivity index (χ3n) is 3.77. The summed E-state index contributed by atoms with van der Waals surface area (Å²) >= 11 is 3.48. The highest BCUT2D eigenvalue weighted by atomic mass is 79.9. The first-order chi connectivity index (χ1) is 11.4. The molecule has 0 unspecified atom stereocenters. The van der Waals surface area contributed by atoms with Gasteiger partial charge < -0.3 is 24.6 Å². The zero-order chi connectivity index (χ0) is 17.7. The Morgan fingerprint density at radius 2 is 2.17 bits per heavy atom. The van der Waals surface area contributed by atoms with Crippen LogP contribution in [0.5, 0.6) is 11.5 Å². The third-order valence-corrected chi connectivity index (χ3v) is 4.20. The van der Waals surface area contributed by atoms with Crippen LogP contribution in [0.1, 0.15) is 11.3 Å². The number of phenolic OH excluding ortho intramolecular Hbond substituents is 1. The van der Waals surface area contributed by atoms with Crippen molar-refractivity contribution in [2.75, 3.05) is 21.2 Å². The minimum atomic E-state index is 0.229. The number of aliphatic imine (C=N–C) groups is 1. The molecule has 0 radical (unpaired) electrons. The largest absolute Gasteiger partial charge is 0.508 e. The monoisotopic (exact) mass is 394 g/mol. The van der Waals surface area contributed by atoms with Gasteiger partial charge in [0.05, 0.1) is 13.7 Å². The lowest BCUT2D eigenvalue weighted by atomic mass is 10.2. The summed E-state index contributed by atoms with van der Waals surface area (Å²) in [5.41, 5.74) is 1.92. The summed E-state index contributed by atoms with van der Waals surface area (Å²) in [5, 5.41) is 13.2. The quantitative estimate of drug-likeness (QED) is 0.604. The standard InChI is InChI=1S/C17H23BrN4O2/c1-19-17(22(3)11-14-8-13(18)10-21(14)2)20-9-12-7-15(24-4)5-6-16(12)23/h5-8,10,23H,9,11H2,1-4H3,(H,19,20). The first-order valence-electron chi connectivity index (χ1n) is 7.53. The van der Waals surface area contributed by atoms with Crippen LogP contribution in [0.2, 0.25) is 0 Å². The molecule has 0 saturated heterocycles. The number of nitrogens with one attached hydrogen (secondary N) is 1. The van der Waals surface area contributed by atoms with Gasteiger partial charge in [0.1, 0.15) is 11.5 Å². The molecule has 1 heterocycles. The molecule has 0 spiro atoms. The minimum absolute atomic E-state index is 0.229. The van der Waals surface area contributed by atoms with Gasteiger partial charge in [-0.2, -0.15) is 0 Å². The van der Waals surface area contributed by atoms with Crippen LogP contribution in [0.25, 0.3) is 0 Å². The fraction of sp³-hybridized carbons (Fsp3) is 0.353. The lowest BCUT2D eigenvalue weighted by Gasteiger charge is -2.22. The Labute approximate surface area is 150 Å². The number of halogens is 1. The van der Waals surface area contributed by atoms with Crippen molar-refractivity contribution in [1.82, 2.24) is 14.8 Å². The van der Waals surface area contributed by atoms with E-state index in [0.717, 1.165) is 21.7 Å². The van der Waals surface area contributed by atoms with Crippen molar-refractivity contribution in [1.29, 1.82) is 0 Å². The number of guanidine groups is 1. The fourth-order valence-corrected chi connectivity index (χ4v) is 3.00. The highest BCUT2D eigenvalue weighted by Crippen LogP contribution is 2.22. The fourth-order valence-electron chi connectivity index (χ4n) is 2.43. The van der Waals surface area contributed by atoms with Crippen molar-refractivity contribution < 1.29 is 9.84 Å². The van der Waals surface area contributed by atoms with Crippen LogP contribution in [0, 0.1) is 0 Å². The zero-order valence-corrected chi connectivity index (χ0v) is 16.0. The molecular formula is C17H23BrN4O2. The predicted molar refractivity (Wildman–Crippen MR) is 99.4 cm³/mol. The molecule has 0 fully saturated rings. The Bertz CT molecular complexity index is 727. The molecule has 2 rings (SSSR count). The smallest absolute Gasteiger partial charge is 0.194 e. The molecule has 0 bridgehead atoms. The van der Waals surface area contributed by atoms with E-state index in [1.807, 2.05) is 31.3 Å². The summed E-state index contributed by atoms with van der Waals surface area (Å²) in [5.74, 6) is 1.68. The summed E-state index contributed by atoms with van der Waals surface area (Å²) in [6.07, 6.45) is 2.02. The maximum atomic E-state index is 9.97. The molecule has 0 saturated carbocycles. The lowest BCUT2D eigenvalue weighted by molar-refractivity contribution is 0.410. The second kappa shape index (κ2) is 8.10. The van der Waals surface area contributed by atoms with Crippen LogP contribution in [0.15, 0.2) is 39.9 Å². The van der Waals surface area contributed by atoms with Crippen LogP contribution in [-0.4, -0.2) is 41.7 Å². The normalized spacial score (nSPS) is 11.5. The number of aromatic hydroxyl groups is 1. The van der Waals surface area contributed by atoms with E-state index in [-0.39, 0.29) is 5.75 Å². The molecule has 1 aromatic heterocycles. The van der Waals surface area contributed by atoms with Gasteiger partial charge in [-0.3, -0.25) is 4.99 Å². The Morgan fingerprint density at radius 3 is 2.75 bits per heavy atom. The highest BCUT2D eigenvalue weighted by molar-refractivity contribution is 9.10. The Kier molecular flexibility index (Phi) is 6.14. The van der Waals surface area contributed by atoms with Gasteiger partial charge in [0, 0.05) is 49.6 Å². The lowest BCUT2D eigenvalue weighted by Crippen LogP contribution is -2.38. The number of methoxy groups -OCH3 is 1. The zero-order valence-electron chi connectivity index (χ0n) is 14.4. The number of hydrogen-bond acceptors (Lipinski definition) is 3. The number of nitrogens with zero attached hydrogens (tertiary/aromatic N) is 3. The van der Waals surface area contributed by atoms with Gasteiger partial charge in [-0.25, -0.2) is 0 Å². The molecular weight excluding hydrogens is 372 g/mol. The van der Waals surface area contributed by atoms with E-state index in [0.29, 0.717) is 18.8 Å². The van der Waals surface area contributed by atoms with Crippen molar-refractivity contribution in [2.45, 2.75) is 13.1 Å². The van der Waals surface area contributed by atoms with E-state index in [1.54, 1.807) is 26.3 Å². The van der Waals surface area contributed by atoms with Gasteiger partial charge in [0.15, 0.2) is 5.96 Å². The Balaban J connectivity index is 2.03. The van der Waals surface area contributed by atoms with Gasteiger partial charge in [0.25, 0.3) is 0 Å². The molecule has 6 nitrogen and oxygen atoms in total. The summed E-state index contributed by atoms with van der Waals surface area (Å²) in [6.45, 7) is 1.17. The average Bonchev–Trinajstić information content (AvgIpc) is 2.87. The summed E-state index contributed by atoms with van der Waals surface area (Å²) in [7, 11) is 7.33. The minimum Gasteiger partial charge on any atom is -0.508 e. The van der Waals surface area contributed by atoms with Crippen molar-refractivity contribution in [3.8, 4) is 11.5 Å². The molecule has 2 N–H and O–H groups in total. The molecule has 7 heteroatoms. The molecule has 0 atom stereocenters. The maximum Gasteiger partial charge on any atom is 0.194 e. The van der Waals surface area contributed by atoms with Crippen molar-refractivity contribution >= 4 is 21.9 Å². The average molecular weight is 395 g/mol. The Morgan fingerprint density at radius 1 is 1.42 bits per heavy atom. The van der Waals surface area contributed by atoms with E-state index < -0.39 is 0 Å². The summed E-state index contributed by atoms with van der Waals surface area (Å²) < 4.78 is 8.32. The maximum absolute atomic E-state index is 9.97. The SMILES string of the molecule is CN=C(NCc1cc(OC)ccc1O)N(C)Cc1cc(Br)cn1C. The molecule has 1 aromatic carbocycles. The summed E-state index contributed by atoms with van der Waals surface area (Å²) in [6, 6.07) is 7.25. The van der Waals surface area contributed by atoms with Crippen LogP contribution in [0.3, 0.4) is 0 Å². The Hall–Kier alpha value is -2.15. The predicted octanol–water partition coefficient (Wildman–Crippen LogP) is 2.71. The number of phenols is 1. The van der Waals surface area contributed by atoms with Gasteiger partial charge in [-0.15, -0.1) is 0 Å². The van der Waals surface area contributed by atoms with Crippen LogP contribution in [-0.2, 0) is 20.1 Å². The van der Waals surface area contributed by atoms with Gasteiger partial charge in [-0.1, -0.05) is 0 Å². The first kappa shape index (κ1) is 18.2. The highest BCUT2D eigenvalue weighted by Gasteiger charge is 2.11. The number of aryl methyl sites for hydroxylation is 1. The molecule has 130 valence electrons. The molecule has 24 heavy (non-hydrogen) atoms. The van der Waals surface area contributed by atoms with E-state index >= 15 is 0 Å². The number of aromatic nitrogens is 1. The van der Waals surface area contributed by atoms with E-state index in [9.17, 15) is 5.11 Å². The molecule has 2 aromatic rings. The third kappa shape index (κ3) is 4.44. The number of benzene rings is 1. The van der Waals surface area contributed by atoms with Crippen LogP contribution < -0.4 is 10.1 Å². The number of rotatable bonds is 5. The van der Waals surface area contributed by atoms with Crippen molar-refractivity contribution in [3.05, 3.63) is 46.2 Å². The summed E-state index contributed by atoms with van der Waals surface area (Å²) in [4.78, 5) is 6.33. The molecule has 0 aliphatic carbocycles. The topological polar surface area (TPSA) is 62.0 Å². The van der Waals surface area contributed by atoms with E-state index in [4.69, 9.17) is 4.74 Å². The van der Waals surface area contributed by atoms with Crippen LogP contribution >= 0.6 is 15.9 Å². The number of ether oxygens (including phenoxy) is 1. The number of hydrogen-bond donors (Lipinski definition) is 2. The second-order valence-electron chi connectivity index (χ2n) is 5.51. The second-order valence-corrected chi connectivity index (χ2v) is 6.43. The van der Waals surface area contributed by atoms with Crippen molar-refractivity contribution in [3.63, 3.8) is 0 Å². The van der Waals surface area contributed by atoms with Crippen molar-refractivity contribution in [2.24, 2.45) is 12.0 Å². The van der Waals surface area contributed by atoms with Crippen LogP contribution in [0.4, 0.5) is 0 Å². The van der Waals surface area contributed by atoms with Gasteiger partial charge in [-0.05, 0) is 40.2 Å². The van der Waals surface area contributed by atoms with E-state index in [2.05, 4.69) is 36.9 Å². The molecule has 0 aliphatic heterocycles. The van der Waals surface area contributed by atoms with E-state index in [1.165, 1.54) is 0 Å². The first-order valence-corrected chi connectivity index (χ1v) is 8.32. The molecule has 0 aliphatic rings. The molecule has 0 amide bonds. The van der Waals surface area contributed by atoms with Gasteiger partial charge in [0.2, 0.25) is 0 Å².